The van der Waals surface area contributed by atoms with Crippen molar-refractivity contribution >= 4 is 22.6 Å². The van der Waals surface area contributed by atoms with Crippen molar-refractivity contribution in [1.82, 2.24) is 10.3 Å². The first-order valence-electron chi connectivity index (χ1n) is 11.2. The number of amides is 1. The largest absolute Gasteiger partial charge is 0.493 e. The smallest absolute Gasteiger partial charge is 0.252 e. The van der Waals surface area contributed by atoms with Crippen LogP contribution in [0, 0.1) is 0 Å². The zero-order valence-electron chi connectivity index (χ0n) is 19.1. The van der Waals surface area contributed by atoms with Crippen molar-refractivity contribution < 1.29 is 14.3 Å². The number of benzene rings is 2. The van der Waals surface area contributed by atoms with Crippen molar-refractivity contribution in [3.8, 4) is 11.5 Å². The Bertz CT molecular complexity index is 1090. The molecule has 0 spiro atoms. The molecular formula is C26H31N3O3. The highest BCUT2D eigenvalue weighted by molar-refractivity contribution is 6.07. The van der Waals surface area contributed by atoms with Crippen LogP contribution in [0.5, 0.6) is 11.5 Å². The summed E-state index contributed by atoms with van der Waals surface area (Å²) in [6, 6.07) is 15.9. The maximum atomic E-state index is 13.2. The number of para-hydroxylation sites is 1. The highest BCUT2D eigenvalue weighted by Crippen LogP contribution is 2.29. The van der Waals surface area contributed by atoms with Crippen LogP contribution in [0.3, 0.4) is 0 Å². The number of rotatable bonds is 7. The molecule has 0 bridgehead atoms. The second-order valence-corrected chi connectivity index (χ2v) is 8.32. The predicted molar refractivity (Wildman–Crippen MR) is 128 cm³/mol. The summed E-state index contributed by atoms with van der Waals surface area (Å²) in [5.41, 5.74) is 2.42. The van der Waals surface area contributed by atoms with Crippen LogP contribution < -0.4 is 19.7 Å². The number of methoxy groups -OCH3 is 2. The van der Waals surface area contributed by atoms with Gasteiger partial charge in [-0.05, 0) is 42.7 Å². The van der Waals surface area contributed by atoms with Crippen LogP contribution >= 0.6 is 0 Å². The molecule has 6 nitrogen and oxygen atoms in total. The Labute approximate surface area is 189 Å². The molecule has 168 valence electrons. The van der Waals surface area contributed by atoms with Crippen molar-refractivity contribution in [1.29, 1.82) is 0 Å². The van der Waals surface area contributed by atoms with E-state index in [0.717, 1.165) is 22.3 Å². The summed E-state index contributed by atoms with van der Waals surface area (Å²) < 4.78 is 10.7. The van der Waals surface area contributed by atoms with Gasteiger partial charge in [0.1, 0.15) is 5.82 Å². The molecule has 2 aromatic carbocycles. The van der Waals surface area contributed by atoms with Gasteiger partial charge in [-0.2, -0.15) is 0 Å². The molecule has 4 rings (SSSR count). The van der Waals surface area contributed by atoms with Gasteiger partial charge in [0, 0.05) is 25.0 Å². The van der Waals surface area contributed by atoms with E-state index in [1.807, 2.05) is 48.5 Å². The number of fused-ring (bicyclic) bond motifs is 1. The first-order valence-corrected chi connectivity index (χ1v) is 11.2. The number of carbonyl (C=O) groups is 1. The maximum Gasteiger partial charge on any atom is 0.252 e. The predicted octanol–water partition coefficient (Wildman–Crippen LogP) is 4.95. The molecule has 0 atom stereocenters. The average molecular weight is 434 g/mol. The van der Waals surface area contributed by atoms with E-state index in [1.165, 1.54) is 32.1 Å². The average Bonchev–Trinajstić information content (AvgIpc) is 2.86. The third-order valence-corrected chi connectivity index (χ3v) is 6.33. The Hall–Kier alpha value is -3.28. The molecule has 0 saturated heterocycles. The highest BCUT2D eigenvalue weighted by atomic mass is 16.5. The molecule has 0 aliphatic heterocycles. The molecule has 1 N–H and O–H groups in total. The van der Waals surface area contributed by atoms with Crippen molar-refractivity contribution in [3.05, 3.63) is 59.7 Å². The second-order valence-electron chi connectivity index (χ2n) is 8.32. The first-order chi connectivity index (χ1) is 15.6. The summed E-state index contributed by atoms with van der Waals surface area (Å²) >= 11 is 0. The van der Waals surface area contributed by atoms with E-state index >= 15 is 0 Å². The third kappa shape index (κ3) is 4.64. The SMILES string of the molecule is COc1ccc(CNC(=O)c2cc(N(C)C3CCCCC3)nc3ccccc23)cc1OC. The van der Waals surface area contributed by atoms with Gasteiger partial charge in [-0.3, -0.25) is 4.79 Å². The number of pyridine rings is 1. The molecule has 0 unspecified atom stereocenters. The molecular weight excluding hydrogens is 402 g/mol. The van der Waals surface area contributed by atoms with Crippen LogP contribution in [0.25, 0.3) is 10.9 Å². The lowest BCUT2D eigenvalue weighted by Crippen LogP contribution is -2.34. The van der Waals surface area contributed by atoms with Gasteiger partial charge < -0.3 is 19.7 Å². The molecule has 3 aromatic rings. The normalized spacial score (nSPS) is 14.2. The number of nitrogens with zero attached hydrogens (tertiary/aromatic N) is 2. The van der Waals surface area contributed by atoms with Gasteiger partial charge in [-0.25, -0.2) is 4.98 Å². The van der Waals surface area contributed by atoms with Gasteiger partial charge in [0.2, 0.25) is 0 Å². The number of ether oxygens (including phenoxy) is 2. The van der Waals surface area contributed by atoms with E-state index in [0.29, 0.717) is 29.6 Å². The molecule has 1 aromatic heterocycles. The molecule has 1 fully saturated rings. The van der Waals surface area contributed by atoms with Crippen LogP contribution in [0.15, 0.2) is 48.5 Å². The van der Waals surface area contributed by atoms with E-state index in [9.17, 15) is 4.79 Å². The number of carbonyl (C=O) groups excluding carboxylic acids is 1. The Balaban J connectivity index is 1.59. The molecule has 1 saturated carbocycles. The number of hydrogen-bond acceptors (Lipinski definition) is 5. The number of hydrogen-bond donors (Lipinski definition) is 1. The Morgan fingerprint density at radius 3 is 2.53 bits per heavy atom. The van der Waals surface area contributed by atoms with E-state index in [2.05, 4.69) is 17.3 Å². The fourth-order valence-electron chi connectivity index (χ4n) is 4.45. The summed E-state index contributed by atoms with van der Waals surface area (Å²) in [7, 11) is 5.31. The van der Waals surface area contributed by atoms with Crippen molar-refractivity contribution in [2.75, 3.05) is 26.2 Å². The fourth-order valence-corrected chi connectivity index (χ4v) is 4.45. The van der Waals surface area contributed by atoms with Gasteiger partial charge in [-0.15, -0.1) is 0 Å². The van der Waals surface area contributed by atoms with E-state index in [4.69, 9.17) is 14.5 Å². The molecule has 0 radical (unpaired) electrons. The summed E-state index contributed by atoms with van der Waals surface area (Å²) in [5.74, 6) is 2.05. The zero-order valence-corrected chi connectivity index (χ0v) is 19.1. The number of aromatic nitrogens is 1. The lowest BCUT2D eigenvalue weighted by molar-refractivity contribution is 0.0952. The Kier molecular flexibility index (Phi) is 6.78. The number of nitrogens with one attached hydrogen (secondary N) is 1. The summed E-state index contributed by atoms with van der Waals surface area (Å²) in [4.78, 5) is 20.4. The third-order valence-electron chi connectivity index (χ3n) is 6.33. The molecule has 32 heavy (non-hydrogen) atoms. The molecule has 1 amide bonds. The molecule has 6 heteroatoms. The van der Waals surface area contributed by atoms with Crippen LogP contribution in [-0.4, -0.2) is 38.2 Å². The zero-order chi connectivity index (χ0) is 22.5. The Morgan fingerprint density at radius 2 is 1.78 bits per heavy atom. The Morgan fingerprint density at radius 1 is 1.03 bits per heavy atom. The maximum absolute atomic E-state index is 13.2. The standard InChI is InChI=1S/C26H31N3O3/c1-29(19-9-5-4-6-10-19)25-16-21(20-11-7-8-12-22(20)28-25)26(30)27-17-18-13-14-23(31-2)24(15-18)32-3/h7-8,11-16,19H,4-6,9-10,17H2,1-3H3,(H,27,30). The fraction of sp³-hybridized carbons (Fsp3) is 0.385. The van der Waals surface area contributed by atoms with Crippen LogP contribution in [-0.2, 0) is 6.54 Å². The van der Waals surface area contributed by atoms with Gasteiger partial charge in [0.05, 0.1) is 25.3 Å². The van der Waals surface area contributed by atoms with E-state index in [-0.39, 0.29) is 5.91 Å². The minimum Gasteiger partial charge on any atom is -0.493 e. The summed E-state index contributed by atoms with van der Waals surface area (Å²) in [5, 5.41) is 3.92. The van der Waals surface area contributed by atoms with Crippen LogP contribution in [0.4, 0.5) is 5.82 Å². The van der Waals surface area contributed by atoms with Crippen molar-refractivity contribution in [2.45, 2.75) is 44.7 Å². The highest BCUT2D eigenvalue weighted by Gasteiger charge is 2.21. The van der Waals surface area contributed by atoms with Crippen LogP contribution in [0.1, 0.15) is 48.0 Å². The van der Waals surface area contributed by atoms with Crippen LogP contribution in [0.2, 0.25) is 0 Å². The van der Waals surface area contributed by atoms with Gasteiger partial charge >= 0.3 is 0 Å². The molecule has 1 heterocycles. The second kappa shape index (κ2) is 9.90. The molecule has 1 aliphatic carbocycles. The quantitative estimate of drug-likeness (QED) is 0.571. The monoisotopic (exact) mass is 433 g/mol. The molecule has 1 aliphatic rings. The van der Waals surface area contributed by atoms with Crippen molar-refractivity contribution in [2.24, 2.45) is 0 Å². The number of anilines is 1. The van der Waals surface area contributed by atoms with E-state index < -0.39 is 0 Å². The van der Waals surface area contributed by atoms with Gasteiger partial charge in [0.15, 0.2) is 11.5 Å². The summed E-state index contributed by atoms with van der Waals surface area (Å²) in [6.07, 6.45) is 6.15. The van der Waals surface area contributed by atoms with Crippen molar-refractivity contribution in [3.63, 3.8) is 0 Å². The topological polar surface area (TPSA) is 63.7 Å². The summed E-state index contributed by atoms with van der Waals surface area (Å²) in [6.45, 7) is 0.392. The van der Waals surface area contributed by atoms with Gasteiger partial charge in [-0.1, -0.05) is 43.5 Å². The van der Waals surface area contributed by atoms with Gasteiger partial charge in [0.25, 0.3) is 5.91 Å². The lowest BCUT2D eigenvalue weighted by atomic mass is 9.94. The van der Waals surface area contributed by atoms with E-state index in [1.54, 1.807) is 14.2 Å². The first kappa shape index (κ1) is 21.9. The minimum atomic E-state index is -0.114. The lowest BCUT2D eigenvalue weighted by Gasteiger charge is -2.32. The minimum absolute atomic E-state index is 0.114.